The van der Waals surface area contributed by atoms with Gasteiger partial charge in [-0.15, -0.1) is 0 Å². The van der Waals surface area contributed by atoms with Gasteiger partial charge < -0.3 is 14.6 Å². The van der Waals surface area contributed by atoms with Gasteiger partial charge in [-0.05, 0) is 55.0 Å². The maximum atomic E-state index is 13.4. The fourth-order valence-corrected chi connectivity index (χ4v) is 5.13. The molecule has 0 aromatic heterocycles. The number of sulfone groups is 1. The number of benzene rings is 3. The molecular weight excluding hydrogens is 494 g/mol. The van der Waals surface area contributed by atoms with E-state index in [0.717, 1.165) is 0 Å². The summed E-state index contributed by atoms with van der Waals surface area (Å²) < 4.78 is 37.3. The standard InChI is InChI=1S/C27H29N3O6S/c31-17-7-18-35-23-14-12-21(13-15-23)25-28-27(20-36-25,26(32)30-29-22-8-3-1-4-9-22)16-19-37(33,34)24-10-5-2-6-11-24/h1-6,8-15,29,31H,7,16-20H2,(H,30,32)/t27-/m0/s1. The summed E-state index contributed by atoms with van der Waals surface area (Å²) in [5.41, 5.74) is 5.36. The van der Waals surface area contributed by atoms with Crippen LogP contribution in [0.3, 0.4) is 0 Å². The zero-order valence-electron chi connectivity index (χ0n) is 20.2. The molecule has 37 heavy (non-hydrogen) atoms. The number of nitrogens with one attached hydrogen (secondary N) is 2. The molecular formula is C27H29N3O6S. The van der Waals surface area contributed by atoms with E-state index in [9.17, 15) is 13.2 Å². The summed E-state index contributed by atoms with van der Waals surface area (Å²) in [4.78, 5) is 18.2. The molecule has 194 valence electrons. The molecule has 0 fully saturated rings. The van der Waals surface area contributed by atoms with E-state index >= 15 is 0 Å². The summed E-state index contributed by atoms with van der Waals surface area (Å²) in [7, 11) is -3.64. The Hall–Kier alpha value is -3.89. The smallest absolute Gasteiger partial charge is 0.269 e. The van der Waals surface area contributed by atoms with E-state index in [4.69, 9.17) is 14.6 Å². The Balaban J connectivity index is 1.55. The first kappa shape index (κ1) is 26.2. The summed E-state index contributed by atoms with van der Waals surface area (Å²) in [5.74, 6) is 0.0846. The highest BCUT2D eigenvalue weighted by Crippen LogP contribution is 2.28. The third-order valence-electron chi connectivity index (χ3n) is 5.84. The molecule has 3 N–H and O–H groups in total. The predicted molar refractivity (Wildman–Crippen MR) is 140 cm³/mol. The Morgan fingerprint density at radius 2 is 1.68 bits per heavy atom. The first-order chi connectivity index (χ1) is 17.9. The minimum atomic E-state index is -3.64. The summed E-state index contributed by atoms with van der Waals surface area (Å²) in [6.07, 6.45) is 0.455. The van der Waals surface area contributed by atoms with Gasteiger partial charge in [-0.2, -0.15) is 0 Å². The van der Waals surface area contributed by atoms with Gasteiger partial charge in [-0.3, -0.25) is 15.6 Å². The van der Waals surface area contributed by atoms with E-state index in [-0.39, 0.29) is 36.2 Å². The number of amides is 1. The van der Waals surface area contributed by atoms with E-state index < -0.39 is 21.3 Å². The van der Waals surface area contributed by atoms with Gasteiger partial charge in [-0.1, -0.05) is 36.4 Å². The fourth-order valence-electron chi connectivity index (χ4n) is 3.72. The Morgan fingerprint density at radius 3 is 2.35 bits per heavy atom. The topological polar surface area (TPSA) is 126 Å². The van der Waals surface area contributed by atoms with E-state index in [0.29, 0.717) is 30.0 Å². The summed E-state index contributed by atoms with van der Waals surface area (Å²) in [5, 5.41) is 8.90. The molecule has 0 spiro atoms. The molecule has 10 heteroatoms. The molecule has 0 saturated heterocycles. The number of carbonyl (C=O) groups is 1. The van der Waals surface area contributed by atoms with Crippen LogP contribution in [0.25, 0.3) is 0 Å². The summed E-state index contributed by atoms with van der Waals surface area (Å²) >= 11 is 0. The molecule has 0 unspecified atom stereocenters. The van der Waals surface area contributed by atoms with Crippen molar-refractivity contribution in [3.8, 4) is 5.75 Å². The van der Waals surface area contributed by atoms with Crippen molar-refractivity contribution in [3.63, 3.8) is 0 Å². The lowest BCUT2D eigenvalue weighted by Crippen LogP contribution is -2.49. The van der Waals surface area contributed by atoms with Crippen LogP contribution in [0, 0.1) is 0 Å². The van der Waals surface area contributed by atoms with Crippen molar-refractivity contribution in [1.82, 2.24) is 5.43 Å². The van der Waals surface area contributed by atoms with Crippen molar-refractivity contribution >= 4 is 27.3 Å². The molecule has 1 amide bonds. The number of carbonyl (C=O) groups excluding carboxylic acids is 1. The van der Waals surface area contributed by atoms with Crippen LogP contribution in [0.15, 0.2) is 94.8 Å². The number of ether oxygens (including phenoxy) is 2. The van der Waals surface area contributed by atoms with Crippen LogP contribution in [0.1, 0.15) is 18.4 Å². The zero-order valence-corrected chi connectivity index (χ0v) is 21.0. The number of nitrogens with zero attached hydrogens (tertiary/aromatic N) is 1. The first-order valence-electron chi connectivity index (χ1n) is 11.9. The highest BCUT2D eigenvalue weighted by atomic mass is 32.2. The van der Waals surface area contributed by atoms with Crippen molar-refractivity contribution in [1.29, 1.82) is 0 Å². The number of aliphatic hydroxyl groups excluding tert-OH is 1. The van der Waals surface area contributed by atoms with Gasteiger partial charge in [0.05, 0.1) is 22.9 Å². The Labute approximate surface area is 216 Å². The number of hydrazine groups is 1. The highest BCUT2D eigenvalue weighted by molar-refractivity contribution is 7.91. The van der Waals surface area contributed by atoms with Crippen LogP contribution in [-0.4, -0.2) is 56.4 Å². The molecule has 1 aliphatic heterocycles. The minimum Gasteiger partial charge on any atom is -0.494 e. The second-order valence-corrected chi connectivity index (χ2v) is 10.6. The van der Waals surface area contributed by atoms with Gasteiger partial charge >= 0.3 is 0 Å². The molecule has 1 atom stereocenters. The summed E-state index contributed by atoms with van der Waals surface area (Å²) in [6.45, 7) is 0.330. The zero-order chi connectivity index (χ0) is 26.1. The molecule has 9 nitrogen and oxygen atoms in total. The molecule has 0 radical (unpaired) electrons. The molecule has 0 bridgehead atoms. The third-order valence-corrected chi connectivity index (χ3v) is 7.57. The van der Waals surface area contributed by atoms with Crippen LogP contribution >= 0.6 is 0 Å². The predicted octanol–water partition coefficient (Wildman–Crippen LogP) is 2.97. The number of rotatable bonds is 12. The van der Waals surface area contributed by atoms with Crippen LogP contribution in [0.4, 0.5) is 5.69 Å². The molecule has 0 aliphatic carbocycles. The van der Waals surface area contributed by atoms with Gasteiger partial charge in [0.2, 0.25) is 5.90 Å². The molecule has 1 aliphatic rings. The Morgan fingerprint density at radius 1 is 1.00 bits per heavy atom. The quantitative estimate of drug-likeness (QED) is 0.246. The maximum absolute atomic E-state index is 13.4. The van der Waals surface area contributed by atoms with Gasteiger partial charge in [0.25, 0.3) is 5.91 Å². The Kier molecular flexibility index (Phi) is 8.42. The van der Waals surface area contributed by atoms with Crippen LogP contribution < -0.4 is 15.6 Å². The van der Waals surface area contributed by atoms with Crippen LogP contribution in [-0.2, 0) is 19.4 Å². The molecule has 3 aromatic carbocycles. The monoisotopic (exact) mass is 523 g/mol. The normalized spacial score (nSPS) is 16.9. The van der Waals surface area contributed by atoms with E-state index in [1.807, 2.05) is 18.2 Å². The number of aliphatic imine (C=N–C) groups is 1. The largest absolute Gasteiger partial charge is 0.494 e. The van der Waals surface area contributed by atoms with E-state index in [1.165, 1.54) is 12.1 Å². The first-order valence-corrected chi connectivity index (χ1v) is 13.5. The van der Waals surface area contributed by atoms with Crippen molar-refractivity contribution < 1.29 is 27.8 Å². The molecule has 4 rings (SSSR count). The second kappa shape index (κ2) is 11.9. The lowest BCUT2D eigenvalue weighted by molar-refractivity contribution is -0.126. The van der Waals surface area contributed by atoms with Crippen molar-refractivity contribution in [2.24, 2.45) is 4.99 Å². The van der Waals surface area contributed by atoms with Gasteiger partial charge in [0.1, 0.15) is 12.4 Å². The number of hydrogen-bond acceptors (Lipinski definition) is 8. The van der Waals surface area contributed by atoms with Gasteiger partial charge in [-0.25, -0.2) is 13.4 Å². The van der Waals surface area contributed by atoms with Crippen LogP contribution in [0.5, 0.6) is 5.75 Å². The average Bonchev–Trinajstić information content (AvgIpc) is 3.38. The second-order valence-electron chi connectivity index (χ2n) is 8.51. The lowest BCUT2D eigenvalue weighted by Gasteiger charge is -2.23. The van der Waals surface area contributed by atoms with Crippen molar-refractivity contribution in [3.05, 3.63) is 90.5 Å². The SMILES string of the molecule is O=C(NNc1ccccc1)[C@]1(CCS(=O)(=O)c2ccccc2)COC(c2ccc(OCCCO)cc2)=N1. The number of anilines is 1. The average molecular weight is 524 g/mol. The van der Waals surface area contributed by atoms with E-state index in [2.05, 4.69) is 15.8 Å². The third kappa shape index (κ3) is 6.66. The molecule has 0 saturated carbocycles. The number of hydrogen-bond donors (Lipinski definition) is 3. The minimum absolute atomic E-state index is 0.0476. The molecule has 3 aromatic rings. The molecule has 1 heterocycles. The van der Waals surface area contributed by atoms with Gasteiger partial charge in [0, 0.05) is 18.6 Å². The maximum Gasteiger partial charge on any atom is 0.269 e. The lowest BCUT2D eigenvalue weighted by atomic mass is 9.98. The number of aliphatic hydroxyl groups is 1. The van der Waals surface area contributed by atoms with E-state index in [1.54, 1.807) is 54.6 Å². The summed E-state index contributed by atoms with van der Waals surface area (Å²) in [6, 6.07) is 24.2. The number of para-hydroxylation sites is 1. The fraction of sp³-hybridized carbons (Fsp3) is 0.259. The van der Waals surface area contributed by atoms with Crippen LogP contribution in [0.2, 0.25) is 0 Å². The van der Waals surface area contributed by atoms with Gasteiger partial charge in [0.15, 0.2) is 15.4 Å². The Bertz CT molecular complexity index is 1320. The van der Waals surface area contributed by atoms with Crippen molar-refractivity contribution in [2.45, 2.75) is 23.3 Å². The highest BCUT2D eigenvalue weighted by Gasteiger charge is 2.45. The van der Waals surface area contributed by atoms with Crippen molar-refractivity contribution in [2.75, 3.05) is 31.0 Å².